The lowest BCUT2D eigenvalue weighted by atomic mass is 10.1. The van der Waals surface area contributed by atoms with Gasteiger partial charge in [0, 0.05) is 31.1 Å². The maximum Gasteiger partial charge on any atom is 0.257 e. The average molecular weight is 289 g/mol. The Hall–Kier alpha value is -2.04. The van der Waals surface area contributed by atoms with Crippen molar-refractivity contribution in [3.63, 3.8) is 0 Å². The van der Waals surface area contributed by atoms with Gasteiger partial charge in [-0.15, -0.1) is 0 Å². The van der Waals surface area contributed by atoms with Crippen LogP contribution >= 0.6 is 0 Å². The Morgan fingerprint density at radius 2 is 2.14 bits per heavy atom. The highest BCUT2D eigenvalue weighted by atomic mass is 16.3. The predicted molar refractivity (Wildman–Crippen MR) is 82.5 cm³/mol. The van der Waals surface area contributed by atoms with Crippen LogP contribution in [0.3, 0.4) is 0 Å². The molecule has 0 atom stereocenters. The molecule has 0 aliphatic rings. The molecule has 0 unspecified atom stereocenters. The first-order chi connectivity index (χ1) is 10.2. The summed E-state index contributed by atoms with van der Waals surface area (Å²) in [6.07, 6.45) is 10.8. The summed E-state index contributed by atoms with van der Waals surface area (Å²) >= 11 is 0. The third-order valence-corrected chi connectivity index (χ3v) is 3.70. The van der Waals surface area contributed by atoms with E-state index in [0.29, 0.717) is 18.5 Å². The number of hydrogen-bond acceptors (Lipinski definition) is 3. The molecule has 0 aliphatic heterocycles. The standard InChI is InChI=1S/C16H23N3O2/c1-2-3-4-5-6-14-15(20)8-10-19(16(14)21)9-7-13-11-17-12-18-13/h8,10-12,20H,2-7,9H2,1H3,(H,17,18). The Morgan fingerprint density at radius 3 is 2.86 bits per heavy atom. The monoisotopic (exact) mass is 289 g/mol. The van der Waals surface area contributed by atoms with E-state index in [-0.39, 0.29) is 11.3 Å². The smallest absolute Gasteiger partial charge is 0.257 e. The minimum Gasteiger partial charge on any atom is -0.507 e. The molecule has 5 nitrogen and oxygen atoms in total. The molecule has 0 fully saturated rings. The number of pyridine rings is 1. The third-order valence-electron chi connectivity index (χ3n) is 3.70. The van der Waals surface area contributed by atoms with Gasteiger partial charge in [-0.1, -0.05) is 26.2 Å². The summed E-state index contributed by atoms with van der Waals surface area (Å²) in [5.41, 5.74) is 1.46. The van der Waals surface area contributed by atoms with Gasteiger partial charge in [-0.3, -0.25) is 4.79 Å². The molecule has 2 heterocycles. The fourth-order valence-electron chi connectivity index (χ4n) is 2.41. The molecule has 0 saturated heterocycles. The maximum atomic E-state index is 12.4. The number of aromatic amines is 1. The highest BCUT2D eigenvalue weighted by molar-refractivity contribution is 5.29. The zero-order chi connectivity index (χ0) is 15.1. The van der Waals surface area contributed by atoms with Crippen molar-refractivity contribution >= 4 is 0 Å². The molecule has 0 aromatic carbocycles. The largest absolute Gasteiger partial charge is 0.507 e. The molecule has 2 rings (SSSR count). The quantitative estimate of drug-likeness (QED) is 0.734. The van der Waals surface area contributed by atoms with E-state index in [1.807, 2.05) is 0 Å². The van der Waals surface area contributed by atoms with E-state index < -0.39 is 0 Å². The van der Waals surface area contributed by atoms with E-state index in [0.717, 1.165) is 31.4 Å². The summed E-state index contributed by atoms with van der Waals surface area (Å²) in [5.74, 6) is 0.120. The molecule has 5 heteroatoms. The Labute approximate surface area is 124 Å². The number of hydrogen-bond donors (Lipinski definition) is 2. The Kier molecular flexibility index (Phi) is 5.60. The van der Waals surface area contributed by atoms with Gasteiger partial charge < -0.3 is 14.7 Å². The summed E-state index contributed by atoms with van der Waals surface area (Å²) in [7, 11) is 0. The van der Waals surface area contributed by atoms with Crippen molar-refractivity contribution < 1.29 is 5.11 Å². The van der Waals surface area contributed by atoms with Gasteiger partial charge in [0.2, 0.25) is 0 Å². The summed E-state index contributed by atoms with van der Waals surface area (Å²) in [6, 6.07) is 1.61. The van der Waals surface area contributed by atoms with Crippen molar-refractivity contribution in [2.45, 2.75) is 52.0 Å². The lowest BCUT2D eigenvalue weighted by Crippen LogP contribution is -2.24. The number of H-pyrrole nitrogens is 1. The molecule has 0 bridgehead atoms. The number of imidazole rings is 1. The predicted octanol–water partition coefficient (Wildman–Crippen LogP) is 2.64. The molecule has 21 heavy (non-hydrogen) atoms. The second kappa shape index (κ2) is 7.67. The van der Waals surface area contributed by atoms with Crippen molar-refractivity contribution in [2.75, 3.05) is 0 Å². The Bertz CT molecular complexity index is 602. The molecular formula is C16H23N3O2. The van der Waals surface area contributed by atoms with Crippen molar-refractivity contribution in [3.05, 3.63) is 46.4 Å². The number of nitrogens with zero attached hydrogens (tertiary/aromatic N) is 2. The number of aromatic nitrogens is 3. The van der Waals surface area contributed by atoms with Crippen LogP contribution in [0.2, 0.25) is 0 Å². The fourth-order valence-corrected chi connectivity index (χ4v) is 2.41. The van der Waals surface area contributed by atoms with E-state index in [1.165, 1.54) is 6.42 Å². The first kappa shape index (κ1) is 15.4. The van der Waals surface area contributed by atoms with Crippen LogP contribution in [0.25, 0.3) is 0 Å². The van der Waals surface area contributed by atoms with Gasteiger partial charge in [-0.2, -0.15) is 0 Å². The number of unbranched alkanes of at least 4 members (excludes halogenated alkanes) is 3. The Balaban J connectivity index is 2.03. The SMILES string of the molecule is CCCCCCc1c(O)ccn(CCc2cnc[nH]2)c1=O. The first-order valence-corrected chi connectivity index (χ1v) is 7.61. The third kappa shape index (κ3) is 4.21. The van der Waals surface area contributed by atoms with Gasteiger partial charge in [0.25, 0.3) is 5.56 Å². The molecule has 0 aliphatic carbocycles. The van der Waals surface area contributed by atoms with Crippen LogP contribution in [0.5, 0.6) is 5.75 Å². The number of nitrogens with one attached hydrogen (secondary N) is 1. The van der Waals surface area contributed by atoms with Crippen LogP contribution in [0.4, 0.5) is 0 Å². The van der Waals surface area contributed by atoms with Crippen LogP contribution in [-0.2, 0) is 19.4 Å². The molecular weight excluding hydrogens is 266 g/mol. The van der Waals surface area contributed by atoms with Gasteiger partial charge in [0.15, 0.2) is 0 Å². The first-order valence-electron chi connectivity index (χ1n) is 7.61. The van der Waals surface area contributed by atoms with E-state index in [2.05, 4.69) is 16.9 Å². The molecule has 0 amide bonds. The second-order valence-electron chi connectivity index (χ2n) is 5.32. The summed E-state index contributed by atoms with van der Waals surface area (Å²) in [5, 5.41) is 9.90. The van der Waals surface area contributed by atoms with Crippen molar-refractivity contribution in [1.29, 1.82) is 0 Å². The van der Waals surface area contributed by atoms with E-state index >= 15 is 0 Å². The van der Waals surface area contributed by atoms with Crippen molar-refractivity contribution in [3.8, 4) is 5.75 Å². The number of aryl methyl sites for hydroxylation is 2. The van der Waals surface area contributed by atoms with Gasteiger partial charge in [0.05, 0.1) is 11.9 Å². The van der Waals surface area contributed by atoms with Crippen LogP contribution < -0.4 is 5.56 Å². The normalized spacial score (nSPS) is 10.9. The van der Waals surface area contributed by atoms with E-state index in [9.17, 15) is 9.90 Å². The molecule has 2 aromatic heterocycles. The fraction of sp³-hybridized carbons (Fsp3) is 0.500. The minimum absolute atomic E-state index is 0.0778. The van der Waals surface area contributed by atoms with Crippen LogP contribution in [0.1, 0.15) is 43.9 Å². The molecule has 0 saturated carbocycles. The zero-order valence-electron chi connectivity index (χ0n) is 12.5. The van der Waals surface area contributed by atoms with Crippen LogP contribution in [0.15, 0.2) is 29.6 Å². The lowest BCUT2D eigenvalue weighted by Gasteiger charge is -2.09. The molecule has 0 spiro atoms. The van der Waals surface area contributed by atoms with Crippen molar-refractivity contribution in [2.24, 2.45) is 0 Å². The molecule has 114 valence electrons. The summed E-state index contributed by atoms with van der Waals surface area (Å²) in [6.45, 7) is 2.74. The number of aromatic hydroxyl groups is 1. The molecule has 2 N–H and O–H groups in total. The van der Waals surface area contributed by atoms with Crippen LogP contribution in [0, 0.1) is 0 Å². The van der Waals surface area contributed by atoms with Crippen LogP contribution in [-0.4, -0.2) is 19.6 Å². The summed E-state index contributed by atoms with van der Waals surface area (Å²) < 4.78 is 1.66. The van der Waals surface area contributed by atoms with E-state index in [4.69, 9.17) is 0 Å². The minimum atomic E-state index is -0.0778. The van der Waals surface area contributed by atoms with Crippen molar-refractivity contribution in [1.82, 2.24) is 14.5 Å². The second-order valence-corrected chi connectivity index (χ2v) is 5.32. The average Bonchev–Trinajstić information content (AvgIpc) is 2.99. The molecule has 2 aromatic rings. The Morgan fingerprint density at radius 1 is 1.29 bits per heavy atom. The lowest BCUT2D eigenvalue weighted by molar-refractivity contribution is 0.459. The topological polar surface area (TPSA) is 70.9 Å². The summed E-state index contributed by atoms with van der Waals surface area (Å²) in [4.78, 5) is 19.4. The number of rotatable bonds is 8. The van der Waals surface area contributed by atoms with E-state index in [1.54, 1.807) is 29.4 Å². The highest BCUT2D eigenvalue weighted by Crippen LogP contribution is 2.15. The highest BCUT2D eigenvalue weighted by Gasteiger charge is 2.09. The molecule has 0 radical (unpaired) electrons. The van der Waals surface area contributed by atoms with Gasteiger partial charge >= 0.3 is 0 Å². The maximum absolute atomic E-state index is 12.4. The van der Waals surface area contributed by atoms with Gasteiger partial charge in [-0.25, -0.2) is 4.98 Å². The van der Waals surface area contributed by atoms with Gasteiger partial charge in [0.1, 0.15) is 5.75 Å². The van der Waals surface area contributed by atoms with Gasteiger partial charge in [-0.05, 0) is 18.9 Å². The zero-order valence-corrected chi connectivity index (χ0v) is 12.5.